The van der Waals surface area contributed by atoms with Crippen LogP contribution in [0.3, 0.4) is 0 Å². The molecule has 0 N–H and O–H groups in total. The normalized spacial score (nSPS) is 14.4. The van der Waals surface area contributed by atoms with Gasteiger partial charge in [0, 0.05) is 11.8 Å². The van der Waals surface area contributed by atoms with Crippen molar-refractivity contribution in [2.45, 2.75) is 29.8 Å². The van der Waals surface area contributed by atoms with Crippen molar-refractivity contribution in [1.82, 2.24) is 14.8 Å². The first-order valence-corrected chi connectivity index (χ1v) is 6.87. The third kappa shape index (κ3) is 2.24. The Morgan fingerprint density at radius 2 is 2.22 bits per heavy atom. The first kappa shape index (κ1) is 11.3. The maximum Gasteiger partial charge on any atom is 0.191 e. The molecule has 3 rings (SSSR count). The van der Waals surface area contributed by atoms with E-state index in [9.17, 15) is 0 Å². The zero-order valence-corrected chi connectivity index (χ0v) is 10.6. The Morgan fingerprint density at radius 1 is 1.39 bits per heavy atom. The van der Waals surface area contributed by atoms with Crippen molar-refractivity contribution < 1.29 is 0 Å². The van der Waals surface area contributed by atoms with E-state index in [4.69, 9.17) is 5.26 Å². The molecule has 0 amide bonds. The van der Waals surface area contributed by atoms with Crippen molar-refractivity contribution in [2.24, 2.45) is 0 Å². The Balaban J connectivity index is 1.74. The molecule has 1 saturated carbocycles. The Hall–Kier alpha value is -1.80. The summed E-state index contributed by atoms with van der Waals surface area (Å²) in [6.45, 7) is 0. The third-order valence-electron chi connectivity index (χ3n) is 2.98. The molecule has 0 bridgehead atoms. The fourth-order valence-electron chi connectivity index (χ4n) is 1.84. The molecule has 0 radical (unpaired) electrons. The first-order valence-electron chi connectivity index (χ1n) is 5.89. The Kier molecular flexibility index (Phi) is 3.03. The van der Waals surface area contributed by atoms with Crippen LogP contribution in [0, 0.1) is 11.3 Å². The highest BCUT2D eigenvalue weighted by Gasteiger charge is 2.26. The minimum Gasteiger partial charge on any atom is -0.306 e. The Labute approximate surface area is 110 Å². The van der Waals surface area contributed by atoms with E-state index in [2.05, 4.69) is 20.8 Å². The van der Waals surface area contributed by atoms with Gasteiger partial charge in [0.1, 0.15) is 6.33 Å². The molecular weight excluding hydrogens is 244 g/mol. The number of benzene rings is 1. The molecule has 18 heavy (non-hydrogen) atoms. The molecule has 0 saturated heterocycles. The van der Waals surface area contributed by atoms with Crippen LogP contribution < -0.4 is 0 Å². The highest BCUT2D eigenvalue weighted by atomic mass is 32.2. The van der Waals surface area contributed by atoms with Crippen LogP contribution >= 0.6 is 11.8 Å². The summed E-state index contributed by atoms with van der Waals surface area (Å²) in [7, 11) is 0. The molecule has 0 spiro atoms. The number of nitrogens with zero attached hydrogens (tertiary/aromatic N) is 4. The van der Waals surface area contributed by atoms with Crippen LogP contribution in [0.1, 0.15) is 30.0 Å². The summed E-state index contributed by atoms with van der Waals surface area (Å²) in [5, 5.41) is 18.1. The molecule has 1 aromatic heterocycles. The number of thioether (sulfide) groups is 1. The molecule has 1 aliphatic rings. The summed E-state index contributed by atoms with van der Waals surface area (Å²) < 4.78 is 2.14. The van der Waals surface area contributed by atoms with Crippen molar-refractivity contribution in [3.63, 3.8) is 0 Å². The lowest BCUT2D eigenvalue weighted by atomic mass is 10.1. The van der Waals surface area contributed by atoms with Gasteiger partial charge in [0.25, 0.3) is 0 Å². The largest absolute Gasteiger partial charge is 0.306 e. The van der Waals surface area contributed by atoms with Gasteiger partial charge in [-0.2, -0.15) is 5.26 Å². The SMILES string of the molecule is N#Cc1ccccc1CSc1nncn1C1CC1. The molecule has 0 unspecified atom stereocenters. The maximum atomic E-state index is 9.04. The fourth-order valence-corrected chi connectivity index (χ4v) is 2.82. The Bertz CT molecular complexity index is 595. The second-order valence-corrected chi connectivity index (χ2v) is 5.25. The fraction of sp³-hybridized carbons (Fsp3) is 0.308. The molecule has 1 aromatic carbocycles. The van der Waals surface area contributed by atoms with Crippen molar-refractivity contribution in [1.29, 1.82) is 5.26 Å². The maximum absolute atomic E-state index is 9.04. The molecule has 1 fully saturated rings. The molecule has 2 aromatic rings. The second kappa shape index (κ2) is 4.83. The summed E-state index contributed by atoms with van der Waals surface area (Å²) >= 11 is 1.64. The van der Waals surface area contributed by atoms with Gasteiger partial charge in [-0.25, -0.2) is 0 Å². The molecule has 90 valence electrons. The van der Waals surface area contributed by atoms with Crippen LogP contribution in [0.5, 0.6) is 0 Å². The third-order valence-corrected chi connectivity index (χ3v) is 3.98. The van der Waals surface area contributed by atoms with Crippen LogP contribution in [-0.4, -0.2) is 14.8 Å². The van der Waals surface area contributed by atoms with Gasteiger partial charge in [-0.15, -0.1) is 10.2 Å². The van der Waals surface area contributed by atoms with E-state index in [0.29, 0.717) is 6.04 Å². The Morgan fingerprint density at radius 3 is 3.00 bits per heavy atom. The predicted molar refractivity (Wildman–Crippen MR) is 69.0 cm³/mol. The lowest BCUT2D eigenvalue weighted by molar-refractivity contribution is 0.663. The molecule has 5 heteroatoms. The number of nitriles is 1. The van der Waals surface area contributed by atoms with E-state index in [-0.39, 0.29) is 0 Å². The molecule has 4 nitrogen and oxygen atoms in total. The summed E-state index contributed by atoms with van der Waals surface area (Å²) in [5.74, 6) is 0.759. The zero-order valence-electron chi connectivity index (χ0n) is 9.78. The number of rotatable bonds is 4. The lowest BCUT2D eigenvalue weighted by Crippen LogP contribution is -1.95. The topological polar surface area (TPSA) is 54.5 Å². The van der Waals surface area contributed by atoms with Crippen LogP contribution in [0.25, 0.3) is 0 Å². The monoisotopic (exact) mass is 256 g/mol. The van der Waals surface area contributed by atoms with E-state index in [0.717, 1.165) is 22.0 Å². The van der Waals surface area contributed by atoms with Gasteiger partial charge in [0.15, 0.2) is 5.16 Å². The first-order chi connectivity index (χ1) is 8.88. The van der Waals surface area contributed by atoms with Crippen molar-refractivity contribution >= 4 is 11.8 Å². The molecule has 0 atom stereocenters. The predicted octanol–water partition coefficient (Wildman–Crippen LogP) is 2.78. The van der Waals surface area contributed by atoms with E-state index in [1.165, 1.54) is 12.8 Å². The van der Waals surface area contributed by atoms with Crippen LogP contribution in [0.4, 0.5) is 0 Å². The molecular formula is C13H12N4S. The lowest BCUT2D eigenvalue weighted by Gasteiger charge is -2.05. The molecule has 1 heterocycles. The van der Waals surface area contributed by atoms with E-state index < -0.39 is 0 Å². The highest BCUT2D eigenvalue weighted by Crippen LogP contribution is 2.37. The summed E-state index contributed by atoms with van der Waals surface area (Å²) in [6.07, 6.45) is 4.25. The van der Waals surface area contributed by atoms with Gasteiger partial charge in [-0.3, -0.25) is 0 Å². The van der Waals surface area contributed by atoms with Crippen molar-refractivity contribution in [2.75, 3.05) is 0 Å². The summed E-state index contributed by atoms with van der Waals surface area (Å²) in [5.41, 5.74) is 1.79. The average molecular weight is 256 g/mol. The summed E-state index contributed by atoms with van der Waals surface area (Å²) in [6, 6.07) is 10.5. The number of hydrogen-bond acceptors (Lipinski definition) is 4. The van der Waals surface area contributed by atoms with E-state index in [1.807, 2.05) is 24.3 Å². The average Bonchev–Trinajstić information content (AvgIpc) is 3.16. The van der Waals surface area contributed by atoms with Gasteiger partial charge in [-0.1, -0.05) is 30.0 Å². The van der Waals surface area contributed by atoms with Crippen LogP contribution in [0.2, 0.25) is 0 Å². The van der Waals surface area contributed by atoms with E-state index >= 15 is 0 Å². The second-order valence-electron chi connectivity index (χ2n) is 4.31. The van der Waals surface area contributed by atoms with Crippen molar-refractivity contribution in [3.05, 3.63) is 41.7 Å². The van der Waals surface area contributed by atoms with Crippen LogP contribution in [0.15, 0.2) is 35.7 Å². The van der Waals surface area contributed by atoms with E-state index in [1.54, 1.807) is 18.1 Å². The van der Waals surface area contributed by atoms with Gasteiger partial charge in [0.05, 0.1) is 11.6 Å². The van der Waals surface area contributed by atoms with Crippen molar-refractivity contribution in [3.8, 4) is 6.07 Å². The van der Waals surface area contributed by atoms with Gasteiger partial charge in [0.2, 0.25) is 0 Å². The smallest absolute Gasteiger partial charge is 0.191 e. The quantitative estimate of drug-likeness (QED) is 0.789. The molecule has 1 aliphatic carbocycles. The van der Waals surface area contributed by atoms with Crippen LogP contribution in [-0.2, 0) is 5.75 Å². The number of aromatic nitrogens is 3. The van der Waals surface area contributed by atoms with Gasteiger partial charge in [-0.05, 0) is 24.5 Å². The van der Waals surface area contributed by atoms with Gasteiger partial charge < -0.3 is 4.57 Å². The number of hydrogen-bond donors (Lipinski definition) is 0. The molecule has 0 aliphatic heterocycles. The van der Waals surface area contributed by atoms with Gasteiger partial charge >= 0.3 is 0 Å². The standard InChI is InChI=1S/C13H12N4S/c14-7-10-3-1-2-4-11(10)8-18-13-16-15-9-17(13)12-5-6-12/h1-4,9,12H,5-6,8H2. The minimum atomic E-state index is 0.591. The highest BCUT2D eigenvalue weighted by molar-refractivity contribution is 7.98. The minimum absolute atomic E-state index is 0.591. The zero-order chi connectivity index (χ0) is 12.4. The summed E-state index contributed by atoms with van der Waals surface area (Å²) in [4.78, 5) is 0.